The van der Waals surface area contributed by atoms with Gasteiger partial charge in [0.1, 0.15) is 11.3 Å². The number of rotatable bonds is 6. The van der Waals surface area contributed by atoms with Gasteiger partial charge in [0.15, 0.2) is 11.0 Å². The standard InChI is InChI=1S/C14H14N6O2S2/c1-20-12(9-5-3-4-6-10(9)22-2)17-19-14(20)23-7-11(21)16-13-18-15-8-24-13/h3-6,8H,7H2,1-2H3,(H,16,18,21). The Labute approximate surface area is 146 Å². The molecule has 124 valence electrons. The van der Waals surface area contributed by atoms with Crippen LogP contribution in [0, 0.1) is 0 Å². The molecule has 1 amide bonds. The highest BCUT2D eigenvalue weighted by Gasteiger charge is 2.16. The number of nitrogens with one attached hydrogen (secondary N) is 1. The topological polar surface area (TPSA) is 94.8 Å². The van der Waals surface area contributed by atoms with Gasteiger partial charge in [-0.3, -0.25) is 10.1 Å². The summed E-state index contributed by atoms with van der Waals surface area (Å²) in [5.74, 6) is 1.44. The van der Waals surface area contributed by atoms with Crippen molar-refractivity contribution in [2.75, 3.05) is 18.2 Å². The maximum atomic E-state index is 11.9. The second-order valence-electron chi connectivity index (χ2n) is 4.65. The van der Waals surface area contributed by atoms with Crippen molar-refractivity contribution >= 4 is 34.1 Å². The number of amides is 1. The van der Waals surface area contributed by atoms with Crippen LogP contribution < -0.4 is 10.1 Å². The number of hydrogen-bond acceptors (Lipinski definition) is 8. The fourth-order valence-corrected chi connectivity index (χ4v) is 3.19. The number of thioether (sulfide) groups is 1. The fraction of sp³-hybridized carbons (Fsp3) is 0.214. The highest BCUT2D eigenvalue weighted by molar-refractivity contribution is 7.99. The number of nitrogens with zero attached hydrogens (tertiary/aromatic N) is 5. The molecule has 0 bridgehead atoms. The van der Waals surface area contributed by atoms with E-state index in [0.29, 0.717) is 16.1 Å². The molecule has 0 fully saturated rings. The van der Waals surface area contributed by atoms with Crippen molar-refractivity contribution in [3.63, 3.8) is 0 Å². The van der Waals surface area contributed by atoms with E-state index in [-0.39, 0.29) is 11.7 Å². The third kappa shape index (κ3) is 3.54. The number of aromatic nitrogens is 5. The van der Waals surface area contributed by atoms with E-state index >= 15 is 0 Å². The maximum absolute atomic E-state index is 11.9. The van der Waals surface area contributed by atoms with E-state index in [4.69, 9.17) is 4.74 Å². The SMILES string of the molecule is COc1ccccc1-c1nnc(SCC(=O)Nc2nncs2)n1C. The van der Waals surface area contributed by atoms with Gasteiger partial charge in [0, 0.05) is 7.05 Å². The van der Waals surface area contributed by atoms with E-state index in [0.717, 1.165) is 11.3 Å². The largest absolute Gasteiger partial charge is 0.496 e. The lowest BCUT2D eigenvalue weighted by Crippen LogP contribution is -2.14. The smallest absolute Gasteiger partial charge is 0.236 e. The molecule has 2 aromatic heterocycles. The number of anilines is 1. The molecule has 0 radical (unpaired) electrons. The van der Waals surface area contributed by atoms with E-state index in [1.54, 1.807) is 12.6 Å². The molecule has 8 nitrogen and oxygen atoms in total. The number of methoxy groups -OCH3 is 1. The summed E-state index contributed by atoms with van der Waals surface area (Å²) in [6, 6.07) is 7.59. The highest BCUT2D eigenvalue weighted by atomic mass is 32.2. The molecule has 1 aromatic carbocycles. The van der Waals surface area contributed by atoms with E-state index in [9.17, 15) is 4.79 Å². The lowest BCUT2D eigenvalue weighted by atomic mass is 10.2. The van der Waals surface area contributed by atoms with Crippen molar-refractivity contribution in [1.82, 2.24) is 25.0 Å². The summed E-state index contributed by atoms with van der Waals surface area (Å²) in [5, 5.41) is 19.6. The fourth-order valence-electron chi connectivity index (χ4n) is 2.02. The maximum Gasteiger partial charge on any atom is 0.236 e. The molecule has 0 unspecified atom stereocenters. The Morgan fingerprint density at radius 3 is 2.92 bits per heavy atom. The van der Waals surface area contributed by atoms with Gasteiger partial charge in [0.25, 0.3) is 0 Å². The van der Waals surface area contributed by atoms with Crippen LogP contribution in [0.2, 0.25) is 0 Å². The van der Waals surface area contributed by atoms with Gasteiger partial charge in [0.05, 0.1) is 18.4 Å². The van der Waals surface area contributed by atoms with Gasteiger partial charge in [0.2, 0.25) is 11.0 Å². The van der Waals surface area contributed by atoms with E-state index in [1.165, 1.54) is 23.1 Å². The number of benzene rings is 1. The first kappa shape index (κ1) is 16.4. The molecular weight excluding hydrogens is 348 g/mol. The van der Waals surface area contributed by atoms with Crippen LogP contribution in [0.5, 0.6) is 5.75 Å². The van der Waals surface area contributed by atoms with Gasteiger partial charge in [-0.25, -0.2) is 0 Å². The van der Waals surface area contributed by atoms with E-state index in [1.807, 2.05) is 35.9 Å². The summed E-state index contributed by atoms with van der Waals surface area (Å²) >= 11 is 2.57. The zero-order chi connectivity index (χ0) is 16.9. The first-order valence-corrected chi connectivity index (χ1v) is 8.77. The van der Waals surface area contributed by atoms with Crippen LogP contribution in [0.15, 0.2) is 34.9 Å². The summed E-state index contributed by atoms with van der Waals surface area (Å²) in [5.41, 5.74) is 2.41. The molecule has 0 aliphatic rings. The van der Waals surface area contributed by atoms with Crippen LogP contribution in [0.4, 0.5) is 5.13 Å². The molecule has 1 N–H and O–H groups in total. The van der Waals surface area contributed by atoms with Crippen LogP contribution in [0.3, 0.4) is 0 Å². The normalized spacial score (nSPS) is 10.6. The molecule has 0 spiro atoms. The van der Waals surface area contributed by atoms with Crippen molar-refractivity contribution in [3.05, 3.63) is 29.8 Å². The molecule has 24 heavy (non-hydrogen) atoms. The van der Waals surface area contributed by atoms with Crippen LogP contribution in [0.25, 0.3) is 11.4 Å². The summed E-state index contributed by atoms with van der Waals surface area (Å²) < 4.78 is 7.19. The number of carbonyl (C=O) groups excluding carboxylic acids is 1. The minimum absolute atomic E-state index is 0.168. The lowest BCUT2D eigenvalue weighted by Gasteiger charge is -2.08. The predicted octanol–water partition coefficient (Wildman–Crippen LogP) is 2.07. The highest BCUT2D eigenvalue weighted by Crippen LogP contribution is 2.29. The van der Waals surface area contributed by atoms with Gasteiger partial charge in [-0.2, -0.15) is 0 Å². The van der Waals surface area contributed by atoms with E-state index < -0.39 is 0 Å². The Kier molecular flexibility index (Phi) is 5.06. The summed E-state index contributed by atoms with van der Waals surface area (Å²) in [6.45, 7) is 0. The van der Waals surface area contributed by atoms with Crippen LogP contribution in [-0.2, 0) is 11.8 Å². The average molecular weight is 362 g/mol. The average Bonchev–Trinajstić information content (AvgIpc) is 3.23. The molecule has 0 aliphatic heterocycles. The zero-order valence-corrected chi connectivity index (χ0v) is 14.6. The lowest BCUT2D eigenvalue weighted by molar-refractivity contribution is -0.113. The number of ether oxygens (including phenoxy) is 1. The van der Waals surface area contributed by atoms with Gasteiger partial charge in [-0.05, 0) is 12.1 Å². The number of para-hydroxylation sites is 1. The second-order valence-corrected chi connectivity index (χ2v) is 6.42. The number of carbonyl (C=O) groups is 1. The minimum atomic E-state index is -0.168. The Morgan fingerprint density at radius 1 is 1.33 bits per heavy atom. The molecule has 10 heteroatoms. The van der Waals surface area contributed by atoms with Gasteiger partial charge < -0.3 is 9.30 Å². The monoisotopic (exact) mass is 362 g/mol. The molecule has 3 rings (SSSR count). The Bertz CT molecular complexity index is 834. The zero-order valence-electron chi connectivity index (χ0n) is 13.0. The summed E-state index contributed by atoms with van der Waals surface area (Å²) in [4.78, 5) is 11.9. The van der Waals surface area contributed by atoms with Crippen LogP contribution in [-0.4, -0.2) is 43.7 Å². The molecule has 0 saturated heterocycles. The van der Waals surface area contributed by atoms with Crippen LogP contribution >= 0.6 is 23.1 Å². The first-order chi connectivity index (χ1) is 11.7. The third-order valence-electron chi connectivity index (χ3n) is 3.12. The third-order valence-corrected chi connectivity index (χ3v) is 4.75. The first-order valence-electron chi connectivity index (χ1n) is 6.90. The molecule has 0 saturated carbocycles. The van der Waals surface area contributed by atoms with Crippen LogP contribution in [0.1, 0.15) is 0 Å². The number of hydrogen-bond donors (Lipinski definition) is 1. The molecule has 2 heterocycles. The van der Waals surface area contributed by atoms with Crippen molar-refractivity contribution in [1.29, 1.82) is 0 Å². The minimum Gasteiger partial charge on any atom is -0.496 e. The predicted molar refractivity (Wildman–Crippen MR) is 92.3 cm³/mol. The molecular formula is C14H14N6O2S2. The van der Waals surface area contributed by atoms with Crippen molar-refractivity contribution in [2.45, 2.75) is 5.16 Å². The quantitative estimate of drug-likeness (QED) is 0.671. The Morgan fingerprint density at radius 2 is 2.17 bits per heavy atom. The Hall–Kier alpha value is -2.46. The van der Waals surface area contributed by atoms with E-state index in [2.05, 4.69) is 25.7 Å². The van der Waals surface area contributed by atoms with Gasteiger partial charge in [-0.1, -0.05) is 35.2 Å². The molecule has 0 aliphatic carbocycles. The molecule has 3 aromatic rings. The second kappa shape index (κ2) is 7.41. The van der Waals surface area contributed by atoms with Crippen molar-refractivity contribution in [3.8, 4) is 17.1 Å². The molecule has 0 atom stereocenters. The summed E-state index contributed by atoms with van der Waals surface area (Å²) in [7, 11) is 3.47. The van der Waals surface area contributed by atoms with Crippen molar-refractivity contribution < 1.29 is 9.53 Å². The van der Waals surface area contributed by atoms with Gasteiger partial charge >= 0.3 is 0 Å². The van der Waals surface area contributed by atoms with Crippen molar-refractivity contribution in [2.24, 2.45) is 7.05 Å². The Balaban J connectivity index is 1.70. The summed E-state index contributed by atoms with van der Waals surface area (Å²) in [6.07, 6.45) is 0. The van der Waals surface area contributed by atoms with Gasteiger partial charge in [-0.15, -0.1) is 20.4 Å².